The Bertz CT molecular complexity index is 2160. The molecule has 3 unspecified atom stereocenters. The normalized spacial score (nSPS) is 20.4. The largest absolute Gasteiger partial charge is 0.481 e. The molecule has 1 aliphatic heterocycles. The minimum atomic E-state index is -5.51. The van der Waals surface area contributed by atoms with Gasteiger partial charge in [0, 0.05) is 19.0 Å². The predicted octanol–water partition coefficient (Wildman–Crippen LogP) is 9.83. The molecule has 0 aromatic carbocycles. The van der Waals surface area contributed by atoms with Crippen LogP contribution in [0.15, 0.2) is 77.8 Å². The van der Waals surface area contributed by atoms with Crippen LogP contribution < -0.4 is 11.4 Å². The smallest absolute Gasteiger partial charge is 0.462 e. The molecule has 1 saturated heterocycles. The lowest BCUT2D eigenvalue weighted by Gasteiger charge is -2.21. The van der Waals surface area contributed by atoms with Gasteiger partial charge in [-0.15, -0.1) is 0 Å². The van der Waals surface area contributed by atoms with E-state index < -0.39 is 102 Å². The highest BCUT2D eigenvalue weighted by Crippen LogP contribution is 2.60. The zero-order valence-corrected chi connectivity index (χ0v) is 49.4. The number of allylic oxidation sites excluding steroid dienone is 7. The zero-order chi connectivity index (χ0) is 59.0. The van der Waals surface area contributed by atoms with Gasteiger partial charge in [-0.25, -0.2) is 13.9 Å². The van der Waals surface area contributed by atoms with E-state index in [2.05, 4.69) is 23.1 Å². The molecule has 23 heteroatoms. The number of aromatic nitrogens is 2. The van der Waals surface area contributed by atoms with Crippen molar-refractivity contribution in [3.8, 4) is 0 Å². The number of anilines is 1. The van der Waals surface area contributed by atoms with Crippen LogP contribution in [0.2, 0.25) is 0 Å². The highest BCUT2D eigenvalue weighted by atomic mass is 31.3. The maximum atomic E-state index is 13.0. The first-order chi connectivity index (χ1) is 38.3. The van der Waals surface area contributed by atoms with Gasteiger partial charge in [0.15, 0.2) is 12.3 Å². The Balaban J connectivity index is 1.82. The lowest BCUT2D eigenvalue weighted by atomic mass is 9.99. The topological polar surface area (TPSA) is 326 Å². The Morgan fingerprint density at radius 2 is 1.25 bits per heavy atom. The second-order valence-electron chi connectivity index (χ2n) is 20.6. The molecule has 1 aliphatic rings. The summed E-state index contributed by atoms with van der Waals surface area (Å²) >= 11 is 0. The van der Waals surface area contributed by atoms with Crippen LogP contribution >= 0.6 is 15.6 Å². The van der Waals surface area contributed by atoms with Crippen molar-refractivity contribution in [1.29, 1.82) is 0 Å². The summed E-state index contributed by atoms with van der Waals surface area (Å²) in [6.07, 6.45) is 32.2. The summed E-state index contributed by atoms with van der Waals surface area (Å²) in [5.41, 5.74) is 4.57. The van der Waals surface area contributed by atoms with Gasteiger partial charge in [0.25, 0.3) is 0 Å². The number of carbonyl (C=O) groups excluding carboxylic acids is 2. The van der Waals surface area contributed by atoms with Crippen LogP contribution in [0, 0.1) is 5.92 Å². The van der Waals surface area contributed by atoms with Crippen LogP contribution in [-0.4, -0.2) is 119 Å². The summed E-state index contributed by atoms with van der Waals surface area (Å²) in [4.78, 5) is 62.2. The van der Waals surface area contributed by atoms with E-state index in [0.717, 1.165) is 55.2 Å². The number of phosphoric ester groups is 2. The van der Waals surface area contributed by atoms with Crippen molar-refractivity contribution in [3.63, 3.8) is 0 Å². The van der Waals surface area contributed by atoms with Crippen LogP contribution in [0.5, 0.6) is 0 Å². The highest BCUT2D eigenvalue weighted by molar-refractivity contribution is 7.61. The summed E-state index contributed by atoms with van der Waals surface area (Å²) < 4.78 is 56.7. The fraction of sp³-hybridized carbons (Fsp3) is 0.719. The van der Waals surface area contributed by atoms with Gasteiger partial charge >= 0.3 is 33.3 Å². The molecule has 0 bridgehead atoms. The molecule has 0 saturated carbocycles. The molecule has 0 radical (unpaired) electrons. The summed E-state index contributed by atoms with van der Waals surface area (Å²) in [6.45, 7) is 4.03. The van der Waals surface area contributed by atoms with Crippen molar-refractivity contribution in [2.75, 3.05) is 25.6 Å². The number of aliphatic hydroxyl groups is 5. The van der Waals surface area contributed by atoms with Crippen molar-refractivity contribution < 1.29 is 81.6 Å². The number of nitrogens with zero attached hydrogens (tertiary/aromatic N) is 2. The van der Waals surface area contributed by atoms with E-state index in [9.17, 15) is 58.8 Å². The van der Waals surface area contributed by atoms with Gasteiger partial charge in [0.2, 0.25) is 0 Å². The van der Waals surface area contributed by atoms with Crippen LogP contribution in [0.25, 0.3) is 0 Å². The number of aliphatic hydroxyl groups excluding tert-OH is 5. The van der Waals surface area contributed by atoms with E-state index in [-0.39, 0.29) is 31.5 Å². The highest BCUT2D eigenvalue weighted by Gasteiger charge is 2.46. The van der Waals surface area contributed by atoms with E-state index in [1.165, 1.54) is 102 Å². The van der Waals surface area contributed by atoms with E-state index in [1.54, 1.807) is 42.5 Å². The molecule has 1 aromatic rings. The Kier molecular flexibility index (Phi) is 39.0. The Hall–Kier alpha value is -3.66. The molecular weight excluding hydrogens is 1080 g/mol. The Morgan fingerprint density at radius 1 is 0.713 bits per heavy atom. The van der Waals surface area contributed by atoms with Crippen LogP contribution in [0.4, 0.5) is 5.82 Å². The number of hydrogen-bond acceptors (Lipinski definition) is 18. The van der Waals surface area contributed by atoms with Crippen molar-refractivity contribution in [2.24, 2.45) is 5.92 Å². The fourth-order valence-corrected chi connectivity index (χ4v) is 10.6. The molecule has 80 heavy (non-hydrogen) atoms. The summed E-state index contributed by atoms with van der Waals surface area (Å²) in [5, 5.41) is 51.7. The fourth-order valence-electron chi connectivity index (χ4n) is 8.51. The molecule has 1 aromatic heterocycles. The van der Waals surface area contributed by atoms with Crippen molar-refractivity contribution in [2.45, 2.75) is 237 Å². The molecule has 21 nitrogen and oxygen atoms in total. The van der Waals surface area contributed by atoms with Gasteiger partial charge in [0.05, 0.1) is 31.5 Å². The quantitative estimate of drug-likeness (QED) is 0.00989. The molecule has 0 spiro atoms. The van der Waals surface area contributed by atoms with Crippen LogP contribution in [0.1, 0.15) is 194 Å². The first kappa shape index (κ1) is 72.4. The second kappa shape index (κ2) is 43.1. The van der Waals surface area contributed by atoms with Gasteiger partial charge in [-0.2, -0.15) is 9.29 Å². The first-order valence-corrected chi connectivity index (χ1v) is 32.0. The Labute approximate surface area is 474 Å². The molecule has 458 valence electrons. The number of rotatable bonds is 47. The molecular formula is C57H97N3O18P2. The van der Waals surface area contributed by atoms with Crippen molar-refractivity contribution in [1.82, 2.24) is 9.55 Å². The standard InChI is InChI=1S/C57H97N3O18P2/c1-4-6-27-34-46(61)35-29-24-21-22-25-30-36-48(62)49(63)37-32-39-52(64)73-42-47(76-53(65)38-31-26-20-18-16-14-12-10-8-7-9-11-13-15-17-19-23-28-33-45(3)5-2)43-74-79(69,70)78-80(71,72)75-44-50-54(66)55(67)56(77-50)60-41-40-51(58)59-57(60)68/h6,21-22,24-25,27,29-30,35-36,40-41,45-50,54-56,61-63,66-67H,4-5,7-20,23,26,28,31-34,37-39,42-44H2,1-3H3,(H,69,70)(H,71,72)(H2,58,59,68)/b24-21+,25-22-,27-6-,35-29+,36-30-/t45?,46-,47-,48+,49+,50-,54-,55-,56-/m1/s1. The van der Waals surface area contributed by atoms with Gasteiger partial charge in [0.1, 0.15) is 30.7 Å². The summed E-state index contributed by atoms with van der Waals surface area (Å²) in [7, 11) is -11.0. The SMILES string of the molecule is CC/C=C\C[C@@H](O)/C=C/C=C/C=C\C=C/[C@H](O)[C@@H](O)CCCC(=O)OC[C@H](COP(=O)(O)OP(=O)(O)OC[C@H]1O[C@@H](n2ccc(N)nc2=O)[C@H](O)[C@@H]1O)OC(=O)CCCCCCCCCCCCCCCCCCCCC(C)CC. The molecule has 1 fully saturated rings. The number of nitrogens with two attached hydrogens (primary N) is 1. The molecule has 11 atom stereocenters. The average molecular weight is 1170 g/mol. The molecule has 0 aliphatic carbocycles. The van der Waals surface area contributed by atoms with Gasteiger partial charge in [-0.1, -0.05) is 204 Å². The third-order valence-corrected chi connectivity index (χ3v) is 16.1. The zero-order valence-electron chi connectivity index (χ0n) is 47.6. The minimum absolute atomic E-state index is 0.00684. The number of carbonyl (C=O) groups is 2. The second-order valence-corrected chi connectivity index (χ2v) is 23.6. The molecule has 2 heterocycles. The third-order valence-electron chi connectivity index (χ3n) is 13.5. The predicted molar refractivity (Wildman–Crippen MR) is 307 cm³/mol. The minimum Gasteiger partial charge on any atom is -0.462 e. The number of ether oxygens (including phenoxy) is 3. The number of hydrogen-bond donors (Lipinski definition) is 8. The molecule has 9 N–H and O–H groups in total. The van der Waals surface area contributed by atoms with E-state index in [0.29, 0.717) is 12.8 Å². The van der Waals surface area contributed by atoms with Crippen molar-refractivity contribution >= 4 is 33.4 Å². The van der Waals surface area contributed by atoms with Crippen LogP contribution in [-0.2, 0) is 46.3 Å². The maximum absolute atomic E-state index is 13.0. The molecule has 0 amide bonds. The Morgan fingerprint density at radius 3 is 1.82 bits per heavy atom. The lowest BCUT2D eigenvalue weighted by Crippen LogP contribution is -2.36. The number of esters is 2. The lowest BCUT2D eigenvalue weighted by molar-refractivity contribution is -0.161. The van der Waals surface area contributed by atoms with Crippen molar-refractivity contribution in [3.05, 3.63) is 83.5 Å². The van der Waals surface area contributed by atoms with E-state index in [4.69, 9.17) is 29.0 Å². The van der Waals surface area contributed by atoms with Gasteiger partial charge in [-0.05, 0) is 44.1 Å². The maximum Gasteiger partial charge on any atom is 0.481 e. The van der Waals surface area contributed by atoms with Gasteiger partial charge in [-0.3, -0.25) is 23.2 Å². The van der Waals surface area contributed by atoms with E-state index >= 15 is 0 Å². The molecule has 2 rings (SSSR count). The van der Waals surface area contributed by atoms with E-state index in [1.807, 2.05) is 19.1 Å². The third kappa shape index (κ3) is 34.7. The van der Waals surface area contributed by atoms with Crippen LogP contribution in [0.3, 0.4) is 0 Å². The summed E-state index contributed by atoms with van der Waals surface area (Å²) in [6, 6.07) is 1.23. The number of nitrogen functional groups attached to an aromatic ring is 1. The number of unbranched alkanes of at least 4 members (excludes halogenated alkanes) is 17. The number of phosphoric acid groups is 2. The van der Waals surface area contributed by atoms with Gasteiger partial charge < -0.3 is 55.3 Å². The summed E-state index contributed by atoms with van der Waals surface area (Å²) in [5.74, 6) is -0.786. The average Bonchev–Trinajstić information content (AvgIpc) is 3.71. The first-order valence-electron chi connectivity index (χ1n) is 29.0. The monoisotopic (exact) mass is 1170 g/mol.